The lowest BCUT2D eigenvalue weighted by molar-refractivity contribution is 0.668. The Balaban J connectivity index is 3.09. The molecule has 0 amide bonds. The number of hydrogen-bond donors (Lipinski definition) is 1. The van der Waals surface area contributed by atoms with Gasteiger partial charge in [0, 0.05) is 20.1 Å². The minimum atomic E-state index is 0.375. The largest absolute Gasteiger partial charge is 0.394 e. The quantitative estimate of drug-likeness (QED) is 0.829. The zero-order valence-electron chi connectivity index (χ0n) is 11.8. The number of nitrogens with two attached hydrogens (primary N) is 1. The first-order valence-corrected chi connectivity index (χ1v) is 6.60. The van der Waals surface area contributed by atoms with E-state index >= 15 is 0 Å². The topological polar surface area (TPSA) is 47.1 Å². The zero-order valence-corrected chi connectivity index (χ0v) is 11.8. The van der Waals surface area contributed by atoms with Crippen LogP contribution in [-0.4, -0.2) is 22.9 Å². The Morgan fingerprint density at radius 1 is 1.24 bits per heavy atom. The van der Waals surface area contributed by atoms with E-state index in [1.807, 2.05) is 11.7 Å². The van der Waals surface area contributed by atoms with E-state index in [1.165, 1.54) is 0 Å². The Labute approximate surface area is 105 Å². The summed E-state index contributed by atoms with van der Waals surface area (Å²) in [6, 6.07) is 0. The molecule has 0 spiro atoms. The summed E-state index contributed by atoms with van der Waals surface area (Å²) >= 11 is 0. The predicted octanol–water partition coefficient (Wildman–Crippen LogP) is 2.75. The Bertz CT molecular complexity index is 349. The summed E-state index contributed by atoms with van der Waals surface area (Å²) in [6.07, 6.45) is 2.25. The van der Waals surface area contributed by atoms with Crippen LogP contribution in [0.5, 0.6) is 0 Å². The highest BCUT2D eigenvalue weighted by molar-refractivity contribution is 5.67. The Kier molecular flexibility index (Phi) is 4.85. The van der Waals surface area contributed by atoms with Crippen molar-refractivity contribution in [2.75, 3.05) is 23.7 Å². The molecule has 0 saturated carbocycles. The monoisotopic (exact) mass is 238 g/mol. The molecule has 0 fully saturated rings. The molecule has 17 heavy (non-hydrogen) atoms. The van der Waals surface area contributed by atoms with Gasteiger partial charge in [0.25, 0.3) is 0 Å². The summed E-state index contributed by atoms with van der Waals surface area (Å²) in [4.78, 5) is 2.34. The van der Waals surface area contributed by atoms with E-state index < -0.39 is 0 Å². The van der Waals surface area contributed by atoms with Gasteiger partial charge < -0.3 is 10.6 Å². The van der Waals surface area contributed by atoms with Gasteiger partial charge in [-0.1, -0.05) is 27.7 Å². The van der Waals surface area contributed by atoms with Crippen LogP contribution in [0.15, 0.2) is 0 Å². The van der Waals surface area contributed by atoms with Gasteiger partial charge in [0.2, 0.25) is 0 Å². The fourth-order valence-electron chi connectivity index (χ4n) is 2.22. The first-order chi connectivity index (χ1) is 8.02. The molecule has 0 bridgehead atoms. The van der Waals surface area contributed by atoms with Gasteiger partial charge in [-0.15, -0.1) is 0 Å². The molecular weight excluding hydrogens is 212 g/mol. The molecule has 2 N–H and O–H groups in total. The molecule has 1 aromatic rings. The smallest absolute Gasteiger partial charge is 0.150 e. The first-order valence-electron chi connectivity index (χ1n) is 6.60. The van der Waals surface area contributed by atoms with Crippen molar-refractivity contribution in [1.29, 1.82) is 0 Å². The van der Waals surface area contributed by atoms with Crippen LogP contribution in [0.3, 0.4) is 0 Å². The molecule has 0 aliphatic carbocycles. The van der Waals surface area contributed by atoms with Gasteiger partial charge in [-0.2, -0.15) is 5.10 Å². The number of nitrogen functional groups attached to an aromatic ring is 1. The summed E-state index contributed by atoms with van der Waals surface area (Å²) in [5.74, 6) is 1.46. The average molecular weight is 238 g/mol. The van der Waals surface area contributed by atoms with Crippen molar-refractivity contribution in [2.45, 2.75) is 46.5 Å². The van der Waals surface area contributed by atoms with Crippen LogP contribution in [-0.2, 0) is 7.05 Å². The minimum Gasteiger partial charge on any atom is -0.394 e. The predicted molar refractivity (Wildman–Crippen MR) is 74.5 cm³/mol. The molecule has 4 nitrogen and oxygen atoms in total. The van der Waals surface area contributed by atoms with Crippen LogP contribution in [0.25, 0.3) is 0 Å². The van der Waals surface area contributed by atoms with E-state index in [0.717, 1.165) is 43.1 Å². The number of aromatic nitrogens is 2. The van der Waals surface area contributed by atoms with Crippen molar-refractivity contribution in [1.82, 2.24) is 9.78 Å². The summed E-state index contributed by atoms with van der Waals surface area (Å²) in [5.41, 5.74) is 8.11. The molecule has 0 radical (unpaired) electrons. The van der Waals surface area contributed by atoms with E-state index in [1.54, 1.807) is 0 Å². The lowest BCUT2D eigenvalue weighted by Crippen LogP contribution is -2.27. The highest BCUT2D eigenvalue weighted by Gasteiger charge is 2.19. The Morgan fingerprint density at radius 2 is 1.76 bits per heavy atom. The summed E-state index contributed by atoms with van der Waals surface area (Å²) < 4.78 is 1.93. The molecule has 0 atom stereocenters. The maximum atomic E-state index is 6.24. The van der Waals surface area contributed by atoms with Crippen molar-refractivity contribution in [3.63, 3.8) is 0 Å². The van der Waals surface area contributed by atoms with Crippen molar-refractivity contribution in [3.05, 3.63) is 5.69 Å². The first kappa shape index (κ1) is 13.9. The molecule has 0 aliphatic rings. The van der Waals surface area contributed by atoms with Crippen molar-refractivity contribution < 1.29 is 0 Å². The van der Waals surface area contributed by atoms with Gasteiger partial charge in [0.15, 0.2) is 0 Å². The molecule has 0 saturated heterocycles. The van der Waals surface area contributed by atoms with Crippen LogP contribution >= 0.6 is 0 Å². The Hall–Kier alpha value is -1.19. The second kappa shape index (κ2) is 5.94. The summed E-state index contributed by atoms with van der Waals surface area (Å²) in [5, 5.41) is 4.55. The molecule has 4 heteroatoms. The third-order valence-electron chi connectivity index (χ3n) is 2.91. The molecule has 1 heterocycles. The van der Waals surface area contributed by atoms with Gasteiger partial charge >= 0.3 is 0 Å². The molecule has 1 rings (SSSR count). The van der Waals surface area contributed by atoms with Crippen molar-refractivity contribution >= 4 is 11.5 Å². The molecule has 0 unspecified atom stereocenters. The van der Waals surface area contributed by atoms with E-state index in [4.69, 9.17) is 5.73 Å². The van der Waals surface area contributed by atoms with Crippen LogP contribution in [0.4, 0.5) is 11.5 Å². The van der Waals surface area contributed by atoms with E-state index in [9.17, 15) is 0 Å². The molecular formula is C13H26N4. The van der Waals surface area contributed by atoms with Crippen LogP contribution < -0.4 is 10.6 Å². The summed E-state index contributed by atoms with van der Waals surface area (Å²) in [6.45, 7) is 10.7. The molecule has 0 aromatic carbocycles. The van der Waals surface area contributed by atoms with Crippen LogP contribution in [0.2, 0.25) is 0 Å². The molecule has 98 valence electrons. The highest BCUT2D eigenvalue weighted by Crippen LogP contribution is 2.30. The fourth-order valence-corrected chi connectivity index (χ4v) is 2.22. The molecule has 0 aliphatic heterocycles. The number of aryl methyl sites for hydroxylation is 1. The summed E-state index contributed by atoms with van der Waals surface area (Å²) in [7, 11) is 1.98. The van der Waals surface area contributed by atoms with Gasteiger partial charge in [-0.25, -0.2) is 0 Å². The minimum absolute atomic E-state index is 0.375. The normalized spacial score (nSPS) is 11.2. The maximum Gasteiger partial charge on any atom is 0.150 e. The number of hydrogen-bond acceptors (Lipinski definition) is 3. The van der Waals surface area contributed by atoms with Crippen molar-refractivity contribution in [2.24, 2.45) is 7.05 Å². The van der Waals surface area contributed by atoms with E-state index in [2.05, 4.69) is 37.7 Å². The number of rotatable bonds is 6. The number of anilines is 2. The maximum absolute atomic E-state index is 6.24. The lowest BCUT2D eigenvalue weighted by atomic mass is 10.1. The van der Waals surface area contributed by atoms with Gasteiger partial charge in [0.1, 0.15) is 5.82 Å². The molecule has 1 aromatic heterocycles. The second-order valence-electron chi connectivity index (χ2n) is 4.89. The lowest BCUT2D eigenvalue weighted by Gasteiger charge is -2.24. The van der Waals surface area contributed by atoms with Crippen molar-refractivity contribution in [3.8, 4) is 0 Å². The third-order valence-corrected chi connectivity index (χ3v) is 2.91. The standard InChI is InChI=1S/C13H26N4/c1-6-8-17(9-7-2)13-11(14)12(10(3)4)15-16(13)5/h10H,6-9,14H2,1-5H3. The van der Waals surface area contributed by atoms with Crippen LogP contribution in [0, 0.1) is 0 Å². The Morgan fingerprint density at radius 3 is 2.12 bits per heavy atom. The van der Waals surface area contributed by atoms with Gasteiger partial charge in [-0.05, 0) is 18.8 Å². The third kappa shape index (κ3) is 2.93. The zero-order chi connectivity index (χ0) is 13.0. The second-order valence-corrected chi connectivity index (χ2v) is 4.89. The fraction of sp³-hybridized carbons (Fsp3) is 0.769. The SMILES string of the molecule is CCCN(CCC)c1c(N)c(C(C)C)nn1C. The average Bonchev–Trinajstić information content (AvgIpc) is 2.54. The van der Waals surface area contributed by atoms with Crippen LogP contribution in [0.1, 0.15) is 52.1 Å². The van der Waals surface area contributed by atoms with E-state index in [0.29, 0.717) is 5.92 Å². The number of nitrogens with zero attached hydrogens (tertiary/aromatic N) is 3. The van der Waals surface area contributed by atoms with Gasteiger partial charge in [-0.3, -0.25) is 4.68 Å². The van der Waals surface area contributed by atoms with Gasteiger partial charge in [0.05, 0.1) is 11.4 Å². The highest BCUT2D eigenvalue weighted by atomic mass is 15.4. The van der Waals surface area contributed by atoms with E-state index in [-0.39, 0.29) is 0 Å².